The van der Waals surface area contributed by atoms with Gasteiger partial charge in [0, 0.05) is 6.42 Å². The summed E-state index contributed by atoms with van der Waals surface area (Å²) >= 11 is 0. The molecule has 0 saturated heterocycles. The molecule has 46 heavy (non-hydrogen) atoms. The van der Waals surface area contributed by atoms with E-state index in [0.717, 1.165) is 29.5 Å². The molecule has 2 atom stereocenters. The molecule has 3 N–H and O–H groups in total. The Balaban J connectivity index is 1.63. The number of aliphatic hydroxyl groups excluding tert-OH is 1. The van der Waals surface area contributed by atoms with Crippen molar-refractivity contribution in [1.82, 2.24) is 10.0 Å². The molecular formula is C36H48N2O7S. The highest BCUT2D eigenvalue weighted by atomic mass is 32.2. The van der Waals surface area contributed by atoms with Gasteiger partial charge in [0.2, 0.25) is 10.0 Å². The van der Waals surface area contributed by atoms with Crippen LogP contribution in [0.5, 0.6) is 5.75 Å². The van der Waals surface area contributed by atoms with Crippen molar-refractivity contribution in [2.75, 3.05) is 12.4 Å². The molecule has 0 aliphatic rings. The largest absolute Gasteiger partial charge is 0.490 e. The third kappa shape index (κ3) is 11.2. The Morgan fingerprint density at radius 2 is 1.57 bits per heavy atom. The predicted octanol–water partition coefficient (Wildman–Crippen LogP) is 6.81. The van der Waals surface area contributed by atoms with Crippen LogP contribution in [0.25, 0.3) is 11.1 Å². The van der Waals surface area contributed by atoms with Crippen molar-refractivity contribution < 1.29 is 32.6 Å². The number of amides is 2. The molecule has 0 aromatic heterocycles. The van der Waals surface area contributed by atoms with E-state index in [2.05, 4.69) is 10.0 Å². The zero-order valence-electron chi connectivity index (χ0n) is 27.7. The molecule has 0 bridgehead atoms. The van der Waals surface area contributed by atoms with Gasteiger partial charge in [-0.25, -0.2) is 17.9 Å². The Hall–Kier alpha value is -3.89. The maximum Gasteiger partial charge on any atom is 0.407 e. The number of hydrogen-bond donors (Lipinski definition) is 3. The van der Waals surface area contributed by atoms with E-state index >= 15 is 0 Å². The second kappa shape index (κ2) is 16.6. The van der Waals surface area contributed by atoms with E-state index in [-0.39, 0.29) is 24.0 Å². The van der Waals surface area contributed by atoms with Crippen molar-refractivity contribution in [2.24, 2.45) is 5.41 Å². The molecule has 3 aromatic rings. The molecule has 3 aromatic carbocycles. The number of nitrogens with one attached hydrogen (secondary N) is 2. The van der Waals surface area contributed by atoms with Crippen LogP contribution in [-0.4, -0.2) is 50.0 Å². The molecular weight excluding hydrogens is 604 g/mol. The molecule has 1 unspecified atom stereocenters. The average Bonchev–Trinajstić information content (AvgIpc) is 2.99. The van der Waals surface area contributed by atoms with E-state index in [1.165, 1.54) is 0 Å². The highest BCUT2D eigenvalue weighted by molar-refractivity contribution is 7.90. The highest BCUT2D eigenvalue weighted by Crippen LogP contribution is 2.31. The first-order chi connectivity index (χ1) is 21.7. The smallest absolute Gasteiger partial charge is 0.407 e. The minimum absolute atomic E-state index is 0.109. The number of carbonyl (C=O) groups is 2. The second-order valence-corrected chi connectivity index (χ2v) is 14.6. The molecule has 0 aliphatic carbocycles. The SMILES string of the molecule is CCCCCS(=O)(=O)NC(=O)c1ccc(-c2ccc(CCOC(=O)NC([C@H](O)c3ccccc3)C(C)(C)C)cc2)cc1OC(C)C. The van der Waals surface area contributed by atoms with Gasteiger partial charge in [-0.15, -0.1) is 0 Å². The van der Waals surface area contributed by atoms with E-state index in [4.69, 9.17) is 9.47 Å². The van der Waals surface area contributed by atoms with E-state index in [9.17, 15) is 23.1 Å². The molecule has 2 amide bonds. The summed E-state index contributed by atoms with van der Waals surface area (Å²) < 4.78 is 38.4. The quantitative estimate of drug-likeness (QED) is 0.154. The summed E-state index contributed by atoms with van der Waals surface area (Å²) in [6.07, 6.45) is 0.902. The maximum absolute atomic E-state index is 12.9. The van der Waals surface area contributed by atoms with Crippen LogP contribution >= 0.6 is 0 Å². The number of sulfonamides is 1. The predicted molar refractivity (Wildman–Crippen MR) is 181 cm³/mol. The summed E-state index contributed by atoms with van der Waals surface area (Å²) in [6.45, 7) is 11.7. The lowest BCUT2D eigenvalue weighted by atomic mass is 9.81. The Morgan fingerprint density at radius 3 is 2.17 bits per heavy atom. The number of carbonyl (C=O) groups excluding carboxylic acids is 2. The van der Waals surface area contributed by atoms with Crippen LogP contribution in [-0.2, 0) is 21.2 Å². The van der Waals surface area contributed by atoms with Crippen LogP contribution in [0.3, 0.4) is 0 Å². The molecule has 0 heterocycles. The molecule has 250 valence electrons. The lowest BCUT2D eigenvalue weighted by Gasteiger charge is -2.35. The third-order valence-corrected chi connectivity index (χ3v) is 8.75. The van der Waals surface area contributed by atoms with Crippen molar-refractivity contribution in [2.45, 2.75) is 85.5 Å². The maximum atomic E-state index is 12.9. The van der Waals surface area contributed by atoms with E-state index in [1.54, 1.807) is 18.2 Å². The van der Waals surface area contributed by atoms with Crippen LogP contribution in [0.4, 0.5) is 4.79 Å². The number of ether oxygens (including phenoxy) is 2. The van der Waals surface area contributed by atoms with E-state index in [1.807, 2.05) is 96.1 Å². The van der Waals surface area contributed by atoms with Gasteiger partial charge < -0.3 is 19.9 Å². The van der Waals surface area contributed by atoms with Gasteiger partial charge in [-0.2, -0.15) is 0 Å². The van der Waals surface area contributed by atoms with E-state index in [0.29, 0.717) is 24.2 Å². The van der Waals surface area contributed by atoms with Gasteiger partial charge in [0.1, 0.15) is 5.75 Å². The number of aliphatic hydroxyl groups is 1. The average molecular weight is 653 g/mol. The number of hydrogen-bond acceptors (Lipinski definition) is 7. The number of rotatable bonds is 15. The molecule has 0 radical (unpaired) electrons. The fourth-order valence-corrected chi connectivity index (χ4v) is 6.01. The van der Waals surface area contributed by atoms with E-state index < -0.39 is 39.6 Å². The molecule has 10 heteroatoms. The van der Waals surface area contributed by atoms with Crippen molar-refractivity contribution >= 4 is 22.0 Å². The summed E-state index contributed by atoms with van der Waals surface area (Å²) in [5, 5.41) is 13.8. The van der Waals surface area contributed by atoms with Gasteiger partial charge >= 0.3 is 6.09 Å². The first kappa shape index (κ1) is 36.6. The summed E-state index contributed by atoms with van der Waals surface area (Å²) in [7, 11) is -3.76. The van der Waals surface area contributed by atoms with Gasteiger partial charge in [-0.1, -0.05) is 101 Å². The van der Waals surface area contributed by atoms with Gasteiger partial charge in [0.25, 0.3) is 5.91 Å². The molecule has 0 aliphatic heterocycles. The molecule has 3 rings (SSSR count). The summed E-state index contributed by atoms with van der Waals surface area (Å²) in [6, 6.07) is 21.4. The van der Waals surface area contributed by atoms with Gasteiger partial charge in [0.15, 0.2) is 0 Å². The summed E-state index contributed by atoms with van der Waals surface area (Å²) in [5.41, 5.74) is 3.07. The monoisotopic (exact) mass is 652 g/mol. The lowest BCUT2D eigenvalue weighted by molar-refractivity contribution is 0.0613. The minimum atomic E-state index is -3.76. The fourth-order valence-electron chi connectivity index (χ4n) is 4.94. The summed E-state index contributed by atoms with van der Waals surface area (Å²) in [4.78, 5) is 25.6. The van der Waals surface area contributed by atoms with Gasteiger partial charge in [0.05, 0.1) is 36.2 Å². The Morgan fingerprint density at radius 1 is 0.913 bits per heavy atom. The van der Waals surface area contributed by atoms with Crippen LogP contribution in [0, 0.1) is 5.41 Å². The fraction of sp³-hybridized carbons (Fsp3) is 0.444. The minimum Gasteiger partial charge on any atom is -0.490 e. The lowest BCUT2D eigenvalue weighted by Crippen LogP contribution is -2.48. The number of alkyl carbamates (subject to hydrolysis) is 1. The van der Waals surface area contributed by atoms with Gasteiger partial charge in [-0.3, -0.25) is 4.79 Å². The van der Waals surface area contributed by atoms with Gasteiger partial charge in [-0.05, 0) is 60.1 Å². The highest BCUT2D eigenvalue weighted by Gasteiger charge is 2.34. The van der Waals surface area contributed by atoms with Crippen molar-refractivity contribution in [3.8, 4) is 16.9 Å². The third-order valence-electron chi connectivity index (χ3n) is 7.43. The first-order valence-electron chi connectivity index (χ1n) is 15.8. The Labute approximate surface area is 273 Å². The number of unbranched alkanes of at least 4 members (excludes halogenated alkanes) is 2. The Kier molecular flexibility index (Phi) is 13.2. The Bertz CT molecular complexity index is 1530. The van der Waals surface area contributed by atoms with Crippen molar-refractivity contribution in [3.63, 3.8) is 0 Å². The molecule has 0 fully saturated rings. The van der Waals surface area contributed by atoms with Crippen LogP contribution in [0.1, 0.15) is 88.4 Å². The summed E-state index contributed by atoms with van der Waals surface area (Å²) in [5.74, 6) is -0.535. The van der Waals surface area contributed by atoms with Crippen molar-refractivity contribution in [1.29, 1.82) is 0 Å². The van der Waals surface area contributed by atoms with Crippen LogP contribution in [0.15, 0.2) is 72.8 Å². The zero-order chi connectivity index (χ0) is 33.9. The number of benzene rings is 3. The second-order valence-electron chi connectivity index (χ2n) is 12.8. The topological polar surface area (TPSA) is 131 Å². The normalized spacial score (nSPS) is 13.1. The molecule has 9 nitrogen and oxygen atoms in total. The van der Waals surface area contributed by atoms with Crippen molar-refractivity contribution in [3.05, 3.63) is 89.5 Å². The molecule has 0 saturated carbocycles. The van der Waals surface area contributed by atoms with Crippen LogP contribution in [0.2, 0.25) is 0 Å². The van der Waals surface area contributed by atoms with Crippen LogP contribution < -0.4 is 14.8 Å². The molecule has 0 spiro atoms. The zero-order valence-corrected chi connectivity index (χ0v) is 28.5. The first-order valence-corrected chi connectivity index (χ1v) is 17.5. The standard InChI is InChI=1S/C36H48N2O7S/c1-7-8-12-23-46(42,43)38-34(40)30-20-19-29(24-31(30)45-25(2)3)27-17-15-26(16-18-27)21-22-44-35(41)37-33(36(4,5)6)32(39)28-13-10-9-11-14-28/h9-11,13-20,24-25,32-33,39H,7-8,12,21-23H2,1-6H3,(H,37,41)(H,38,40)/t32-,33?/m1/s1.